The number of nitrogens with zero attached hydrogens (tertiary/aromatic N) is 2. The number of hydrogen-bond donors (Lipinski definition) is 0. The Morgan fingerprint density at radius 1 is 0.419 bits per heavy atom. The Labute approximate surface area is 372 Å². The van der Waals surface area contributed by atoms with Crippen molar-refractivity contribution in [3.8, 4) is 11.1 Å². The number of anilines is 6. The second-order valence-electron chi connectivity index (χ2n) is 20.1. The van der Waals surface area contributed by atoms with Crippen molar-refractivity contribution >= 4 is 76.8 Å². The zero-order valence-electron chi connectivity index (χ0n) is 38.1. The van der Waals surface area contributed by atoms with Crippen molar-refractivity contribution in [3.63, 3.8) is 0 Å². The van der Waals surface area contributed by atoms with Gasteiger partial charge in [-0.3, -0.25) is 4.90 Å². The molecule has 0 aliphatic heterocycles. The highest BCUT2D eigenvalue weighted by Gasteiger charge is 2.26. The molecule has 0 N–H and O–H groups in total. The van der Waals surface area contributed by atoms with Gasteiger partial charge in [0, 0.05) is 48.7 Å². The molecule has 0 fully saturated rings. The van der Waals surface area contributed by atoms with E-state index in [1.54, 1.807) is 0 Å². The SMILES string of the molecule is Cc1cc(C(C)(C)C)ccc1N(c1cc(-c2ccccc2)cc(N(c2cc3ccc(C(C)(C)C)cc3o2)c2ccc(C(C)(C)C)cc2C)c1)c1ccc2c(c1)sc1ccccc12. The molecule has 0 aliphatic carbocycles. The lowest BCUT2D eigenvalue weighted by atomic mass is 9.86. The lowest BCUT2D eigenvalue weighted by Crippen LogP contribution is -2.16. The number of benzene rings is 7. The fraction of sp³-hybridized carbons (Fsp3) is 0.241. The van der Waals surface area contributed by atoms with E-state index >= 15 is 0 Å². The fourth-order valence-corrected chi connectivity index (χ4v) is 9.80. The van der Waals surface area contributed by atoms with E-state index in [2.05, 4.69) is 238 Å². The van der Waals surface area contributed by atoms with Gasteiger partial charge in [0.15, 0.2) is 0 Å². The summed E-state index contributed by atoms with van der Waals surface area (Å²) in [7, 11) is 0. The summed E-state index contributed by atoms with van der Waals surface area (Å²) in [5, 5.41) is 3.66. The van der Waals surface area contributed by atoms with Gasteiger partial charge < -0.3 is 9.32 Å². The summed E-state index contributed by atoms with van der Waals surface area (Å²) < 4.78 is 9.57. The number of rotatable bonds is 7. The first-order chi connectivity index (χ1) is 29.4. The lowest BCUT2D eigenvalue weighted by Gasteiger charge is -2.31. The quantitative estimate of drug-likeness (QED) is 0.160. The van der Waals surface area contributed by atoms with Crippen LogP contribution in [0.3, 0.4) is 0 Å². The average molecular weight is 831 g/mol. The van der Waals surface area contributed by atoms with E-state index in [4.69, 9.17) is 4.42 Å². The smallest absolute Gasteiger partial charge is 0.205 e. The Bertz CT molecular complexity index is 3110. The number of furan rings is 1. The van der Waals surface area contributed by atoms with Gasteiger partial charge in [-0.1, -0.05) is 153 Å². The molecule has 0 saturated carbocycles. The zero-order valence-corrected chi connectivity index (χ0v) is 39.0. The van der Waals surface area contributed by atoms with Gasteiger partial charge in [0.25, 0.3) is 0 Å². The second-order valence-corrected chi connectivity index (χ2v) is 21.2. The molecule has 2 aromatic heterocycles. The third kappa shape index (κ3) is 7.82. The molecule has 4 heteroatoms. The third-order valence-electron chi connectivity index (χ3n) is 12.3. The molecule has 9 rings (SSSR count). The maximum atomic E-state index is 7.00. The van der Waals surface area contributed by atoms with Crippen molar-refractivity contribution in [1.29, 1.82) is 0 Å². The van der Waals surface area contributed by atoms with Gasteiger partial charge in [-0.05, 0) is 124 Å². The average Bonchev–Trinajstić information content (AvgIpc) is 3.82. The van der Waals surface area contributed by atoms with E-state index in [0.717, 1.165) is 56.4 Å². The fourth-order valence-electron chi connectivity index (χ4n) is 8.66. The van der Waals surface area contributed by atoms with E-state index in [1.165, 1.54) is 48.0 Å². The summed E-state index contributed by atoms with van der Waals surface area (Å²) in [6, 6.07) is 56.3. The van der Waals surface area contributed by atoms with Crippen LogP contribution in [-0.2, 0) is 16.2 Å². The van der Waals surface area contributed by atoms with E-state index < -0.39 is 0 Å². The minimum atomic E-state index is -0.00928. The summed E-state index contributed by atoms with van der Waals surface area (Å²) in [6.45, 7) is 24.9. The van der Waals surface area contributed by atoms with Crippen LogP contribution in [0.25, 0.3) is 42.3 Å². The minimum Gasteiger partial charge on any atom is -0.440 e. The van der Waals surface area contributed by atoms with Crippen molar-refractivity contribution in [1.82, 2.24) is 0 Å². The maximum absolute atomic E-state index is 7.00. The van der Waals surface area contributed by atoms with Crippen LogP contribution in [0.4, 0.5) is 34.3 Å². The Kier molecular flexibility index (Phi) is 10.2. The third-order valence-corrected chi connectivity index (χ3v) is 13.5. The second kappa shape index (κ2) is 15.4. The van der Waals surface area contributed by atoms with Crippen LogP contribution in [-0.4, -0.2) is 0 Å². The zero-order chi connectivity index (χ0) is 43.7. The molecule has 0 unspecified atom stereocenters. The Morgan fingerprint density at radius 2 is 0.968 bits per heavy atom. The lowest BCUT2D eigenvalue weighted by molar-refractivity contribution is 0.583. The Balaban J connectivity index is 1.33. The van der Waals surface area contributed by atoms with Gasteiger partial charge in [-0.15, -0.1) is 11.3 Å². The topological polar surface area (TPSA) is 19.6 Å². The molecular formula is C58H58N2OS. The highest BCUT2D eigenvalue weighted by Crippen LogP contribution is 2.48. The van der Waals surface area contributed by atoms with E-state index in [-0.39, 0.29) is 16.2 Å². The molecule has 312 valence electrons. The molecule has 7 aromatic carbocycles. The summed E-state index contributed by atoms with van der Waals surface area (Å²) in [6.07, 6.45) is 0. The first-order valence-electron chi connectivity index (χ1n) is 21.9. The van der Waals surface area contributed by atoms with E-state index in [9.17, 15) is 0 Å². The molecule has 0 atom stereocenters. The number of aryl methyl sites for hydroxylation is 2. The van der Waals surface area contributed by atoms with Gasteiger partial charge in [-0.2, -0.15) is 0 Å². The van der Waals surface area contributed by atoms with Crippen LogP contribution >= 0.6 is 11.3 Å². The summed E-state index contributed by atoms with van der Waals surface area (Å²) in [5.74, 6) is 0.776. The molecular weight excluding hydrogens is 773 g/mol. The van der Waals surface area contributed by atoms with Crippen LogP contribution < -0.4 is 9.80 Å². The Morgan fingerprint density at radius 3 is 1.60 bits per heavy atom. The summed E-state index contributed by atoms with van der Waals surface area (Å²) >= 11 is 1.86. The summed E-state index contributed by atoms with van der Waals surface area (Å²) in [4.78, 5) is 4.79. The van der Waals surface area contributed by atoms with Gasteiger partial charge in [0.2, 0.25) is 5.88 Å². The van der Waals surface area contributed by atoms with Crippen LogP contribution in [0.15, 0.2) is 156 Å². The van der Waals surface area contributed by atoms with Crippen LogP contribution in [0, 0.1) is 13.8 Å². The highest BCUT2D eigenvalue weighted by molar-refractivity contribution is 7.25. The van der Waals surface area contributed by atoms with Gasteiger partial charge in [0.1, 0.15) is 5.58 Å². The predicted molar refractivity (Wildman–Crippen MR) is 269 cm³/mol. The molecule has 9 aromatic rings. The molecule has 2 heterocycles. The van der Waals surface area contributed by atoms with Crippen LogP contribution in [0.2, 0.25) is 0 Å². The molecule has 0 amide bonds. The monoisotopic (exact) mass is 830 g/mol. The van der Waals surface area contributed by atoms with E-state index in [1.807, 2.05) is 11.3 Å². The minimum absolute atomic E-state index is 0.00759. The van der Waals surface area contributed by atoms with Crippen molar-refractivity contribution in [2.24, 2.45) is 0 Å². The van der Waals surface area contributed by atoms with Crippen LogP contribution in [0.5, 0.6) is 0 Å². The van der Waals surface area contributed by atoms with Crippen molar-refractivity contribution in [2.45, 2.75) is 92.4 Å². The largest absolute Gasteiger partial charge is 0.440 e. The molecule has 0 saturated heterocycles. The van der Waals surface area contributed by atoms with Gasteiger partial charge in [0.05, 0.1) is 11.4 Å². The predicted octanol–water partition coefficient (Wildman–Crippen LogP) is 17.9. The Hall–Kier alpha value is -6.10. The molecule has 0 bridgehead atoms. The van der Waals surface area contributed by atoms with Crippen molar-refractivity contribution in [3.05, 3.63) is 179 Å². The number of hydrogen-bond acceptors (Lipinski definition) is 4. The first kappa shape index (κ1) is 41.3. The van der Waals surface area contributed by atoms with Gasteiger partial charge >= 0.3 is 0 Å². The van der Waals surface area contributed by atoms with Crippen molar-refractivity contribution < 1.29 is 4.42 Å². The van der Waals surface area contributed by atoms with E-state index in [0.29, 0.717) is 0 Å². The van der Waals surface area contributed by atoms with Crippen LogP contribution in [0.1, 0.15) is 90.1 Å². The van der Waals surface area contributed by atoms with Gasteiger partial charge in [-0.25, -0.2) is 0 Å². The number of fused-ring (bicyclic) bond motifs is 4. The molecule has 0 aliphatic rings. The highest BCUT2D eigenvalue weighted by atomic mass is 32.1. The first-order valence-corrected chi connectivity index (χ1v) is 22.7. The maximum Gasteiger partial charge on any atom is 0.205 e. The summed E-state index contributed by atoms with van der Waals surface area (Å²) in [5.41, 5.74) is 14.8. The van der Waals surface area contributed by atoms with Crippen molar-refractivity contribution in [2.75, 3.05) is 9.80 Å². The normalized spacial score (nSPS) is 12.4. The molecule has 3 nitrogen and oxygen atoms in total. The molecule has 0 radical (unpaired) electrons. The molecule has 62 heavy (non-hydrogen) atoms. The standard InChI is InChI=1S/C58H58N2OS/c1-37-29-42(56(3,4)5)23-27-50(37)59(45-25-26-49-48-19-15-16-20-53(48)62-54(49)36-45)46-31-41(39-17-13-12-14-18-39)32-47(35-46)60(51-28-24-43(30-38(51)2)57(6,7)8)55-33-40-21-22-44(58(9,10)11)34-52(40)61-55/h12-36H,1-11H3. The molecule has 0 spiro atoms. The number of thiophene rings is 1.